The zero-order valence-electron chi connectivity index (χ0n) is 14.4. The number of halogens is 2. The molecule has 1 fully saturated rings. The third-order valence-corrected chi connectivity index (χ3v) is 6.72. The van der Waals surface area contributed by atoms with Crippen LogP contribution in [0.2, 0.25) is 5.02 Å². The molecule has 3 nitrogen and oxygen atoms in total. The standard InChI is InChI=1S/C21H20BrClN2O/c22-15-10-14-7-9-25-18(13-3-5-16(23)6-4-13)12-19(17(11-15)21(14)25)24-8-1-2-20(24)26/h3-6,10-11,18-19H,1-2,7-9,12H2. The molecule has 2 aromatic rings. The van der Waals surface area contributed by atoms with Crippen LogP contribution in [0, 0.1) is 0 Å². The minimum absolute atomic E-state index is 0.159. The molecule has 0 spiro atoms. The Morgan fingerprint density at radius 2 is 1.81 bits per heavy atom. The highest BCUT2D eigenvalue weighted by atomic mass is 79.9. The van der Waals surface area contributed by atoms with Crippen molar-refractivity contribution < 1.29 is 4.79 Å². The predicted octanol–water partition coefficient (Wildman–Crippen LogP) is 5.27. The van der Waals surface area contributed by atoms with E-state index in [-0.39, 0.29) is 6.04 Å². The second-order valence-corrected chi connectivity index (χ2v) is 8.81. The molecule has 1 saturated heterocycles. The Hall–Kier alpha value is -1.52. The van der Waals surface area contributed by atoms with E-state index in [4.69, 9.17) is 11.6 Å². The lowest BCUT2D eigenvalue weighted by Crippen LogP contribution is -2.39. The predicted molar refractivity (Wildman–Crippen MR) is 108 cm³/mol. The lowest BCUT2D eigenvalue weighted by molar-refractivity contribution is -0.130. The monoisotopic (exact) mass is 430 g/mol. The second-order valence-electron chi connectivity index (χ2n) is 7.46. The van der Waals surface area contributed by atoms with Gasteiger partial charge in [-0.3, -0.25) is 4.79 Å². The van der Waals surface area contributed by atoms with Crippen LogP contribution in [-0.4, -0.2) is 23.9 Å². The van der Waals surface area contributed by atoms with Gasteiger partial charge < -0.3 is 9.80 Å². The molecule has 5 rings (SSSR count). The fraction of sp³-hybridized carbons (Fsp3) is 0.381. The third kappa shape index (κ3) is 2.57. The second kappa shape index (κ2) is 6.28. The molecule has 2 atom stereocenters. The molecule has 3 aliphatic heterocycles. The minimum atomic E-state index is 0.159. The number of benzene rings is 2. The molecule has 3 heterocycles. The first-order valence-corrected chi connectivity index (χ1v) is 10.4. The molecule has 0 radical (unpaired) electrons. The van der Waals surface area contributed by atoms with E-state index in [1.54, 1.807) is 0 Å². The summed E-state index contributed by atoms with van der Waals surface area (Å²) in [6.45, 7) is 1.91. The maximum absolute atomic E-state index is 12.5. The average Bonchev–Trinajstić information content (AvgIpc) is 3.23. The van der Waals surface area contributed by atoms with Crippen molar-refractivity contribution in [2.24, 2.45) is 0 Å². The molecule has 2 aromatic carbocycles. The van der Waals surface area contributed by atoms with E-state index in [1.807, 2.05) is 12.1 Å². The Morgan fingerprint density at radius 1 is 1.00 bits per heavy atom. The molecular weight excluding hydrogens is 412 g/mol. The summed E-state index contributed by atoms with van der Waals surface area (Å²) in [7, 11) is 0. The molecule has 0 aliphatic carbocycles. The van der Waals surface area contributed by atoms with Crippen molar-refractivity contribution in [1.82, 2.24) is 4.90 Å². The normalized spacial score (nSPS) is 24.3. The summed E-state index contributed by atoms with van der Waals surface area (Å²) in [5.41, 5.74) is 5.34. The van der Waals surface area contributed by atoms with Gasteiger partial charge in [-0.05, 0) is 60.2 Å². The number of amides is 1. The van der Waals surface area contributed by atoms with Crippen LogP contribution in [0.1, 0.15) is 48.0 Å². The third-order valence-electron chi connectivity index (χ3n) is 6.02. The van der Waals surface area contributed by atoms with Gasteiger partial charge in [0.2, 0.25) is 5.91 Å². The molecule has 0 N–H and O–H groups in total. The number of anilines is 1. The first-order chi connectivity index (χ1) is 12.6. The van der Waals surface area contributed by atoms with Crippen molar-refractivity contribution in [2.45, 2.75) is 37.8 Å². The molecule has 5 heteroatoms. The lowest BCUT2D eigenvalue weighted by Gasteiger charge is -2.43. The Bertz CT molecular complexity index is 882. The molecule has 134 valence electrons. The first-order valence-electron chi connectivity index (χ1n) is 9.26. The molecular formula is C21H20BrClN2O. The largest absolute Gasteiger partial charge is 0.364 e. The average molecular weight is 432 g/mol. The Balaban J connectivity index is 1.64. The minimum Gasteiger partial charge on any atom is -0.364 e. The van der Waals surface area contributed by atoms with E-state index >= 15 is 0 Å². The zero-order valence-corrected chi connectivity index (χ0v) is 16.8. The van der Waals surface area contributed by atoms with Gasteiger partial charge in [-0.25, -0.2) is 0 Å². The number of nitrogens with zero attached hydrogens (tertiary/aromatic N) is 2. The van der Waals surface area contributed by atoms with Crippen LogP contribution in [0.25, 0.3) is 0 Å². The number of likely N-dealkylation sites (tertiary alicyclic amines) is 1. The molecule has 26 heavy (non-hydrogen) atoms. The first kappa shape index (κ1) is 16.6. The number of hydrogen-bond donors (Lipinski definition) is 0. The molecule has 0 aromatic heterocycles. The molecule has 1 amide bonds. The number of hydrogen-bond acceptors (Lipinski definition) is 2. The van der Waals surface area contributed by atoms with Crippen molar-refractivity contribution in [3.05, 3.63) is 62.6 Å². The van der Waals surface area contributed by atoms with Gasteiger partial charge in [-0.15, -0.1) is 0 Å². The summed E-state index contributed by atoms with van der Waals surface area (Å²) in [5.74, 6) is 0.296. The maximum Gasteiger partial charge on any atom is 0.223 e. The lowest BCUT2D eigenvalue weighted by atomic mass is 9.86. The van der Waals surface area contributed by atoms with Crippen LogP contribution in [-0.2, 0) is 11.2 Å². The zero-order chi connectivity index (χ0) is 17.8. The highest BCUT2D eigenvalue weighted by Gasteiger charge is 2.42. The SMILES string of the molecule is O=C1CCCN1C1CC(c2ccc(Cl)cc2)N2CCc3cc(Br)cc1c32. The van der Waals surface area contributed by atoms with Gasteiger partial charge in [0.15, 0.2) is 0 Å². The van der Waals surface area contributed by atoms with Crippen molar-refractivity contribution in [2.75, 3.05) is 18.0 Å². The van der Waals surface area contributed by atoms with Crippen LogP contribution in [0.15, 0.2) is 40.9 Å². The summed E-state index contributed by atoms with van der Waals surface area (Å²) in [5, 5.41) is 0.766. The fourth-order valence-electron chi connectivity index (χ4n) is 4.90. The smallest absolute Gasteiger partial charge is 0.223 e. The van der Waals surface area contributed by atoms with E-state index in [9.17, 15) is 4.79 Å². The maximum atomic E-state index is 12.5. The van der Waals surface area contributed by atoms with Crippen molar-refractivity contribution in [1.29, 1.82) is 0 Å². The van der Waals surface area contributed by atoms with Gasteiger partial charge in [0.25, 0.3) is 0 Å². The fourth-order valence-corrected chi connectivity index (χ4v) is 5.55. The highest BCUT2D eigenvalue weighted by Crippen LogP contribution is 2.51. The van der Waals surface area contributed by atoms with Crippen molar-refractivity contribution in [3.63, 3.8) is 0 Å². The topological polar surface area (TPSA) is 23.6 Å². The Morgan fingerprint density at radius 3 is 2.54 bits per heavy atom. The van der Waals surface area contributed by atoms with Crippen LogP contribution >= 0.6 is 27.5 Å². The molecule has 2 unspecified atom stereocenters. The summed E-state index contributed by atoms with van der Waals surface area (Å²) >= 11 is 9.79. The highest BCUT2D eigenvalue weighted by molar-refractivity contribution is 9.10. The number of carbonyl (C=O) groups is 1. The van der Waals surface area contributed by atoms with Crippen LogP contribution in [0.3, 0.4) is 0 Å². The van der Waals surface area contributed by atoms with E-state index in [2.05, 4.69) is 50.0 Å². The van der Waals surface area contributed by atoms with Gasteiger partial charge in [0.05, 0.1) is 12.1 Å². The summed E-state index contributed by atoms with van der Waals surface area (Å²) in [6, 6.07) is 13.1. The van der Waals surface area contributed by atoms with Gasteiger partial charge >= 0.3 is 0 Å². The van der Waals surface area contributed by atoms with Crippen molar-refractivity contribution in [3.8, 4) is 0 Å². The van der Waals surface area contributed by atoms with Gasteiger partial charge in [-0.2, -0.15) is 0 Å². The molecule has 0 bridgehead atoms. The summed E-state index contributed by atoms with van der Waals surface area (Å²) in [4.78, 5) is 17.2. The van der Waals surface area contributed by atoms with Crippen molar-refractivity contribution >= 4 is 39.1 Å². The Labute approximate surface area is 167 Å². The number of carbonyl (C=O) groups excluding carboxylic acids is 1. The van der Waals surface area contributed by atoms with Crippen LogP contribution in [0.5, 0.6) is 0 Å². The summed E-state index contributed by atoms with van der Waals surface area (Å²) < 4.78 is 1.12. The van der Waals surface area contributed by atoms with E-state index in [0.717, 1.165) is 41.8 Å². The van der Waals surface area contributed by atoms with Crippen LogP contribution in [0.4, 0.5) is 5.69 Å². The number of rotatable bonds is 2. The van der Waals surface area contributed by atoms with E-state index in [1.165, 1.54) is 22.4 Å². The van der Waals surface area contributed by atoms with E-state index < -0.39 is 0 Å². The van der Waals surface area contributed by atoms with Crippen LogP contribution < -0.4 is 4.90 Å². The van der Waals surface area contributed by atoms with Gasteiger partial charge in [0, 0.05) is 34.7 Å². The quantitative estimate of drug-likeness (QED) is 0.646. The Kier molecular flexibility index (Phi) is 4.02. The van der Waals surface area contributed by atoms with E-state index in [0.29, 0.717) is 18.4 Å². The molecule has 0 saturated carbocycles. The van der Waals surface area contributed by atoms with Gasteiger partial charge in [0.1, 0.15) is 0 Å². The summed E-state index contributed by atoms with van der Waals surface area (Å²) in [6.07, 6.45) is 3.66. The van der Waals surface area contributed by atoms with Gasteiger partial charge in [-0.1, -0.05) is 39.7 Å². The molecule has 3 aliphatic rings.